The fourth-order valence-corrected chi connectivity index (χ4v) is 2.74. The summed E-state index contributed by atoms with van der Waals surface area (Å²) >= 11 is 9.42. The highest BCUT2D eigenvalue weighted by Crippen LogP contribution is 2.28. The largest absolute Gasteiger partial charge is 0.493 e. The van der Waals surface area contributed by atoms with Gasteiger partial charge in [-0.3, -0.25) is 0 Å². The van der Waals surface area contributed by atoms with Gasteiger partial charge in [-0.25, -0.2) is 0 Å². The molecule has 24 heavy (non-hydrogen) atoms. The average Bonchev–Trinajstić information content (AvgIpc) is 2.56. The summed E-state index contributed by atoms with van der Waals surface area (Å²) in [6.45, 7) is 3.80. The Hall–Kier alpha value is -1.43. The van der Waals surface area contributed by atoms with Crippen LogP contribution in [0, 0.1) is 6.92 Å². The van der Waals surface area contributed by atoms with Crippen LogP contribution in [-0.4, -0.2) is 33.5 Å². The van der Waals surface area contributed by atoms with Crippen molar-refractivity contribution in [3.63, 3.8) is 0 Å². The minimum atomic E-state index is 0.426. The first-order valence-corrected chi connectivity index (χ1v) is 8.70. The van der Waals surface area contributed by atoms with Crippen molar-refractivity contribution in [1.82, 2.24) is 0 Å². The Morgan fingerprint density at radius 3 is 2.21 bits per heavy atom. The second-order valence-corrected chi connectivity index (χ2v) is 6.36. The van der Waals surface area contributed by atoms with Crippen molar-refractivity contribution in [2.24, 2.45) is 0 Å². The third-order valence-electron chi connectivity index (χ3n) is 3.18. The first-order chi connectivity index (χ1) is 11.6. The minimum Gasteiger partial charge on any atom is -0.493 e. The van der Waals surface area contributed by atoms with E-state index in [-0.39, 0.29) is 0 Å². The Bertz CT molecular complexity index is 663. The van der Waals surface area contributed by atoms with Gasteiger partial charge in [-0.15, -0.1) is 0 Å². The quantitative estimate of drug-likeness (QED) is 0.546. The summed E-state index contributed by atoms with van der Waals surface area (Å²) in [6, 6.07) is 11.3. The Kier molecular flexibility index (Phi) is 7.69. The molecule has 0 fully saturated rings. The molecule has 2 aromatic rings. The van der Waals surface area contributed by atoms with Gasteiger partial charge in [0.25, 0.3) is 0 Å². The van der Waals surface area contributed by atoms with Gasteiger partial charge in [-0.05, 0) is 42.8 Å². The van der Waals surface area contributed by atoms with E-state index in [1.54, 1.807) is 13.2 Å². The van der Waals surface area contributed by atoms with E-state index in [2.05, 4.69) is 15.9 Å². The van der Waals surface area contributed by atoms with Gasteiger partial charge in [0.05, 0.1) is 25.3 Å². The van der Waals surface area contributed by atoms with Crippen molar-refractivity contribution in [2.45, 2.75) is 6.92 Å². The van der Waals surface area contributed by atoms with Crippen LogP contribution in [0.1, 0.15) is 5.56 Å². The normalized spacial score (nSPS) is 10.5. The third kappa shape index (κ3) is 5.89. The molecule has 6 heteroatoms. The molecule has 0 spiro atoms. The Labute approximate surface area is 155 Å². The highest BCUT2D eigenvalue weighted by atomic mass is 79.9. The van der Waals surface area contributed by atoms with Crippen LogP contribution in [0.5, 0.6) is 17.2 Å². The average molecular weight is 416 g/mol. The van der Waals surface area contributed by atoms with Crippen LogP contribution in [0.15, 0.2) is 40.9 Å². The molecule has 0 heterocycles. The van der Waals surface area contributed by atoms with Crippen LogP contribution in [0.3, 0.4) is 0 Å². The summed E-state index contributed by atoms with van der Waals surface area (Å²) < 4.78 is 22.9. The summed E-state index contributed by atoms with van der Waals surface area (Å²) in [5, 5.41) is 0.569. The van der Waals surface area contributed by atoms with Gasteiger partial charge in [0, 0.05) is 4.47 Å². The van der Waals surface area contributed by atoms with Crippen molar-refractivity contribution in [3.8, 4) is 17.2 Å². The van der Waals surface area contributed by atoms with E-state index in [0.717, 1.165) is 15.8 Å². The lowest BCUT2D eigenvalue weighted by Gasteiger charge is -2.12. The van der Waals surface area contributed by atoms with E-state index in [0.29, 0.717) is 42.9 Å². The predicted octanol–water partition coefficient (Wildman–Crippen LogP) is 4.89. The molecule has 0 amide bonds. The molecule has 0 radical (unpaired) electrons. The summed E-state index contributed by atoms with van der Waals surface area (Å²) in [7, 11) is 1.63. The number of hydrogen-bond acceptors (Lipinski definition) is 4. The highest BCUT2D eigenvalue weighted by molar-refractivity contribution is 9.10. The predicted molar refractivity (Wildman–Crippen MR) is 98.7 cm³/mol. The third-order valence-corrected chi connectivity index (χ3v) is 3.97. The zero-order chi connectivity index (χ0) is 17.4. The smallest absolute Gasteiger partial charge is 0.161 e. The number of ether oxygens (including phenoxy) is 4. The lowest BCUT2D eigenvalue weighted by molar-refractivity contribution is 0.0757. The van der Waals surface area contributed by atoms with Crippen LogP contribution in [0.2, 0.25) is 5.02 Å². The van der Waals surface area contributed by atoms with Gasteiger partial charge in [-0.2, -0.15) is 0 Å². The number of aryl methyl sites for hydroxylation is 1. The Balaban J connectivity index is 1.63. The minimum absolute atomic E-state index is 0.426. The van der Waals surface area contributed by atoms with Gasteiger partial charge in [0.2, 0.25) is 0 Å². The molecule has 0 bridgehead atoms. The molecular formula is C18H20BrClO4. The molecule has 2 rings (SSSR count). The number of halogens is 2. The number of methoxy groups -OCH3 is 1. The Morgan fingerprint density at radius 1 is 0.875 bits per heavy atom. The monoisotopic (exact) mass is 414 g/mol. The summed E-state index contributed by atoms with van der Waals surface area (Å²) in [6.07, 6.45) is 0. The van der Waals surface area contributed by atoms with E-state index in [4.69, 9.17) is 30.5 Å². The second kappa shape index (κ2) is 9.77. The number of benzene rings is 2. The fraction of sp³-hybridized carbons (Fsp3) is 0.333. The summed E-state index contributed by atoms with van der Waals surface area (Å²) in [5.74, 6) is 2.08. The summed E-state index contributed by atoms with van der Waals surface area (Å²) in [5.41, 5.74) is 1.12. The van der Waals surface area contributed by atoms with Crippen molar-refractivity contribution in [3.05, 3.63) is 51.5 Å². The van der Waals surface area contributed by atoms with Crippen LogP contribution < -0.4 is 14.2 Å². The molecule has 0 aliphatic carbocycles. The van der Waals surface area contributed by atoms with Crippen LogP contribution in [0.25, 0.3) is 0 Å². The maximum Gasteiger partial charge on any atom is 0.161 e. The molecule has 0 unspecified atom stereocenters. The molecule has 130 valence electrons. The molecular weight excluding hydrogens is 396 g/mol. The van der Waals surface area contributed by atoms with Gasteiger partial charge in [0.15, 0.2) is 11.5 Å². The lowest BCUT2D eigenvalue weighted by Crippen LogP contribution is -2.12. The molecule has 0 aromatic heterocycles. The van der Waals surface area contributed by atoms with Crippen LogP contribution in [-0.2, 0) is 4.74 Å². The first kappa shape index (κ1) is 18.9. The highest BCUT2D eigenvalue weighted by Gasteiger charge is 2.04. The maximum absolute atomic E-state index is 6.07. The number of hydrogen-bond donors (Lipinski definition) is 0. The molecule has 2 aromatic carbocycles. The first-order valence-electron chi connectivity index (χ1n) is 7.53. The van der Waals surface area contributed by atoms with Crippen molar-refractivity contribution in [2.75, 3.05) is 33.5 Å². The molecule has 0 saturated heterocycles. The van der Waals surface area contributed by atoms with E-state index in [1.807, 2.05) is 37.3 Å². The van der Waals surface area contributed by atoms with Gasteiger partial charge < -0.3 is 18.9 Å². The van der Waals surface area contributed by atoms with Gasteiger partial charge in [0.1, 0.15) is 19.0 Å². The molecule has 0 N–H and O–H groups in total. The molecule has 0 atom stereocenters. The SMILES string of the molecule is COc1cc(C)ccc1OCCOCCOc1ccc(Br)cc1Cl. The van der Waals surface area contributed by atoms with E-state index in [9.17, 15) is 0 Å². The molecule has 4 nitrogen and oxygen atoms in total. The maximum atomic E-state index is 6.07. The van der Waals surface area contributed by atoms with Crippen molar-refractivity contribution >= 4 is 27.5 Å². The summed E-state index contributed by atoms with van der Waals surface area (Å²) in [4.78, 5) is 0. The fourth-order valence-electron chi connectivity index (χ4n) is 2.01. The lowest BCUT2D eigenvalue weighted by atomic mass is 10.2. The van der Waals surface area contributed by atoms with Crippen molar-refractivity contribution in [1.29, 1.82) is 0 Å². The second-order valence-electron chi connectivity index (χ2n) is 5.04. The van der Waals surface area contributed by atoms with Crippen LogP contribution >= 0.6 is 27.5 Å². The molecule has 0 aliphatic heterocycles. The molecule has 0 aliphatic rings. The topological polar surface area (TPSA) is 36.9 Å². The van der Waals surface area contributed by atoms with E-state index < -0.39 is 0 Å². The van der Waals surface area contributed by atoms with Crippen LogP contribution in [0.4, 0.5) is 0 Å². The molecule has 0 saturated carbocycles. The zero-order valence-corrected chi connectivity index (χ0v) is 16.0. The van der Waals surface area contributed by atoms with E-state index >= 15 is 0 Å². The standard InChI is InChI=1S/C18H20BrClO4/c1-13-3-5-17(18(11-13)21-2)24-10-8-22-7-9-23-16-6-4-14(19)12-15(16)20/h3-6,11-12H,7-10H2,1-2H3. The van der Waals surface area contributed by atoms with Gasteiger partial charge >= 0.3 is 0 Å². The Morgan fingerprint density at radius 2 is 1.54 bits per heavy atom. The number of rotatable bonds is 9. The van der Waals surface area contributed by atoms with Crippen molar-refractivity contribution < 1.29 is 18.9 Å². The van der Waals surface area contributed by atoms with E-state index in [1.165, 1.54) is 0 Å². The van der Waals surface area contributed by atoms with Gasteiger partial charge in [-0.1, -0.05) is 33.6 Å². The zero-order valence-electron chi connectivity index (χ0n) is 13.7.